The first-order chi connectivity index (χ1) is 8.11. The molecule has 0 unspecified atom stereocenters. The van der Waals surface area contributed by atoms with Gasteiger partial charge in [0.25, 0.3) is 0 Å². The number of fused-ring (bicyclic) bond motifs is 1. The Hall–Kier alpha value is -1.46. The van der Waals surface area contributed by atoms with E-state index in [1.54, 1.807) is 6.07 Å². The topological polar surface area (TPSA) is 41.3 Å². The van der Waals surface area contributed by atoms with Crippen molar-refractivity contribution in [3.8, 4) is 0 Å². The summed E-state index contributed by atoms with van der Waals surface area (Å²) in [5.74, 6) is 0.548. The summed E-state index contributed by atoms with van der Waals surface area (Å²) in [6.07, 6.45) is 0. The number of benzene rings is 1. The summed E-state index contributed by atoms with van der Waals surface area (Å²) in [4.78, 5) is 6.39. The third-order valence-corrected chi connectivity index (χ3v) is 2.57. The van der Waals surface area contributed by atoms with Crippen molar-refractivity contribution in [3.63, 3.8) is 0 Å². The van der Waals surface area contributed by atoms with E-state index in [0.717, 1.165) is 11.3 Å². The van der Waals surface area contributed by atoms with Gasteiger partial charge in [-0.2, -0.15) is 0 Å². The van der Waals surface area contributed by atoms with Crippen LogP contribution in [0.25, 0.3) is 11.0 Å². The van der Waals surface area contributed by atoms with E-state index in [2.05, 4.69) is 4.98 Å². The highest BCUT2D eigenvalue weighted by atomic mass is 19.1. The zero-order valence-electron chi connectivity index (χ0n) is 10.0. The fraction of sp³-hybridized carbons (Fsp3) is 0.417. The van der Waals surface area contributed by atoms with Crippen molar-refractivity contribution in [1.82, 2.24) is 14.5 Å². The number of aromatic nitrogens is 2. The highest BCUT2D eigenvalue weighted by Crippen LogP contribution is 2.18. The third kappa shape index (κ3) is 2.45. The summed E-state index contributed by atoms with van der Waals surface area (Å²) in [5.41, 5.74) is 1.49. The van der Waals surface area contributed by atoms with E-state index in [9.17, 15) is 4.39 Å². The molecule has 0 saturated heterocycles. The molecule has 1 heterocycles. The summed E-state index contributed by atoms with van der Waals surface area (Å²) >= 11 is 0. The van der Waals surface area contributed by atoms with Crippen LogP contribution in [0.4, 0.5) is 4.39 Å². The molecule has 0 aliphatic heterocycles. The Bertz CT molecular complexity index is 522. The Morgan fingerprint density at radius 3 is 2.82 bits per heavy atom. The van der Waals surface area contributed by atoms with Gasteiger partial charge in [-0.05, 0) is 26.2 Å². The number of hydrogen-bond acceptors (Lipinski definition) is 3. The molecular formula is C12H16FN3O. The molecule has 0 aliphatic carbocycles. The molecule has 1 aromatic heterocycles. The van der Waals surface area contributed by atoms with Crippen molar-refractivity contribution in [1.29, 1.82) is 0 Å². The molecule has 5 heteroatoms. The first-order valence-corrected chi connectivity index (χ1v) is 5.52. The predicted molar refractivity (Wildman–Crippen MR) is 64.2 cm³/mol. The van der Waals surface area contributed by atoms with Crippen LogP contribution in [0.1, 0.15) is 5.82 Å². The quantitative estimate of drug-likeness (QED) is 0.869. The lowest BCUT2D eigenvalue weighted by Crippen LogP contribution is -2.16. The lowest BCUT2D eigenvalue weighted by Gasteiger charge is -2.11. The molecule has 0 fully saturated rings. The zero-order chi connectivity index (χ0) is 12.4. The van der Waals surface area contributed by atoms with Crippen LogP contribution in [0.15, 0.2) is 18.2 Å². The van der Waals surface area contributed by atoms with E-state index in [0.29, 0.717) is 18.6 Å². The Labute approximate surface area is 99.3 Å². The summed E-state index contributed by atoms with van der Waals surface area (Å²) in [6.45, 7) is 1.19. The summed E-state index contributed by atoms with van der Waals surface area (Å²) in [5, 5.41) is 9.07. The van der Waals surface area contributed by atoms with Crippen molar-refractivity contribution >= 4 is 11.0 Å². The molecule has 0 aliphatic rings. The molecule has 1 aromatic carbocycles. The van der Waals surface area contributed by atoms with Gasteiger partial charge in [-0.3, -0.25) is 0 Å². The minimum absolute atomic E-state index is 0.0449. The van der Waals surface area contributed by atoms with Gasteiger partial charge < -0.3 is 14.6 Å². The van der Waals surface area contributed by atoms with E-state index < -0.39 is 0 Å². The number of aliphatic hydroxyl groups is 1. The normalized spacial score (nSPS) is 11.6. The lowest BCUT2D eigenvalue weighted by molar-refractivity contribution is 0.272. The van der Waals surface area contributed by atoms with Crippen LogP contribution in [0, 0.1) is 5.82 Å². The van der Waals surface area contributed by atoms with E-state index in [-0.39, 0.29) is 12.4 Å². The van der Waals surface area contributed by atoms with Crippen molar-refractivity contribution in [2.45, 2.75) is 13.1 Å². The number of nitrogens with zero attached hydrogens (tertiary/aromatic N) is 3. The Morgan fingerprint density at radius 2 is 2.18 bits per heavy atom. The van der Waals surface area contributed by atoms with Gasteiger partial charge in [0, 0.05) is 12.6 Å². The maximum atomic E-state index is 13.1. The van der Waals surface area contributed by atoms with E-state index >= 15 is 0 Å². The number of hydrogen-bond donors (Lipinski definition) is 1. The molecular weight excluding hydrogens is 221 g/mol. The number of halogens is 1. The van der Waals surface area contributed by atoms with Crippen LogP contribution in [0.5, 0.6) is 0 Å². The van der Waals surface area contributed by atoms with E-state index in [1.807, 2.05) is 23.6 Å². The molecule has 17 heavy (non-hydrogen) atoms. The Kier molecular flexibility index (Phi) is 3.40. The van der Waals surface area contributed by atoms with Gasteiger partial charge in [0.1, 0.15) is 11.6 Å². The van der Waals surface area contributed by atoms with Crippen molar-refractivity contribution < 1.29 is 9.50 Å². The Morgan fingerprint density at radius 1 is 1.41 bits per heavy atom. The first-order valence-electron chi connectivity index (χ1n) is 5.52. The van der Waals surface area contributed by atoms with Gasteiger partial charge in [-0.15, -0.1) is 0 Å². The second kappa shape index (κ2) is 4.81. The maximum absolute atomic E-state index is 13.1. The monoisotopic (exact) mass is 237 g/mol. The van der Waals surface area contributed by atoms with Crippen molar-refractivity contribution in [3.05, 3.63) is 29.8 Å². The molecule has 1 N–H and O–H groups in total. The largest absolute Gasteiger partial charge is 0.395 e. The third-order valence-electron chi connectivity index (χ3n) is 2.57. The minimum Gasteiger partial charge on any atom is -0.395 e. The fourth-order valence-electron chi connectivity index (χ4n) is 1.91. The lowest BCUT2D eigenvalue weighted by atomic mass is 10.3. The van der Waals surface area contributed by atoms with Crippen LogP contribution in [0.3, 0.4) is 0 Å². The second-order valence-corrected chi connectivity index (χ2v) is 4.27. The van der Waals surface area contributed by atoms with Gasteiger partial charge in [0.15, 0.2) is 0 Å². The number of imidazole rings is 1. The molecule has 0 atom stereocenters. The first kappa shape index (κ1) is 12.0. The Balaban J connectivity index is 2.53. The fourth-order valence-corrected chi connectivity index (χ4v) is 1.91. The highest BCUT2D eigenvalue weighted by Gasteiger charge is 2.11. The standard InChI is InChI=1S/C12H16FN3O/c1-15(2)8-12-14-10-7-9(13)3-4-11(10)16(12)5-6-17/h3-4,7,17H,5-6,8H2,1-2H3. The van der Waals surface area contributed by atoms with Crippen LogP contribution in [-0.2, 0) is 13.1 Å². The van der Waals surface area contributed by atoms with Gasteiger partial charge in [-0.25, -0.2) is 9.37 Å². The molecule has 0 bridgehead atoms. The summed E-state index contributed by atoms with van der Waals surface area (Å²) in [6, 6.07) is 4.53. The zero-order valence-corrected chi connectivity index (χ0v) is 10.0. The highest BCUT2D eigenvalue weighted by molar-refractivity contribution is 5.76. The van der Waals surface area contributed by atoms with Crippen molar-refractivity contribution in [2.75, 3.05) is 20.7 Å². The maximum Gasteiger partial charge on any atom is 0.125 e. The molecule has 0 saturated carbocycles. The SMILES string of the molecule is CN(C)Cc1nc2cc(F)ccc2n1CCO. The molecule has 0 amide bonds. The molecule has 0 radical (unpaired) electrons. The summed E-state index contributed by atoms with van der Waals surface area (Å²) < 4.78 is 15.0. The number of aliphatic hydroxyl groups excluding tert-OH is 1. The van der Waals surface area contributed by atoms with Crippen LogP contribution < -0.4 is 0 Å². The minimum atomic E-state index is -0.289. The van der Waals surface area contributed by atoms with Crippen LogP contribution >= 0.6 is 0 Å². The average Bonchev–Trinajstić information content (AvgIpc) is 2.55. The van der Waals surface area contributed by atoms with Gasteiger partial charge >= 0.3 is 0 Å². The smallest absolute Gasteiger partial charge is 0.125 e. The molecule has 0 spiro atoms. The van der Waals surface area contributed by atoms with Crippen LogP contribution in [-0.4, -0.2) is 40.3 Å². The molecule has 4 nitrogen and oxygen atoms in total. The predicted octanol–water partition coefficient (Wildman–Crippen LogP) is 1.23. The van der Waals surface area contributed by atoms with Gasteiger partial charge in [0.2, 0.25) is 0 Å². The van der Waals surface area contributed by atoms with Crippen molar-refractivity contribution in [2.24, 2.45) is 0 Å². The van der Waals surface area contributed by atoms with Gasteiger partial charge in [0.05, 0.1) is 24.2 Å². The average molecular weight is 237 g/mol. The van der Waals surface area contributed by atoms with E-state index in [1.165, 1.54) is 12.1 Å². The second-order valence-electron chi connectivity index (χ2n) is 4.27. The van der Waals surface area contributed by atoms with E-state index in [4.69, 9.17) is 5.11 Å². The summed E-state index contributed by atoms with van der Waals surface area (Å²) in [7, 11) is 3.90. The molecule has 92 valence electrons. The molecule has 2 aromatic rings. The van der Waals surface area contributed by atoms with Crippen LogP contribution in [0.2, 0.25) is 0 Å². The van der Waals surface area contributed by atoms with Gasteiger partial charge in [-0.1, -0.05) is 0 Å². The number of rotatable bonds is 4. The molecule has 2 rings (SSSR count).